The molecule has 1 fully saturated rings. The molecule has 1 aliphatic carbocycles. The van der Waals surface area contributed by atoms with Gasteiger partial charge in [0.25, 0.3) is 0 Å². The lowest BCUT2D eigenvalue weighted by Crippen LogP contribution is -2.57. The number of nitrogens with two attached hydrogens (primary N) is 1. The van der Waals surface area contributed by atoms with Gasteiger partial charge in [0.15, 0.2) is 0 Å². The molecule has 1 saturated carbocycles. The number of hydrogen-bond donors (Lipinski definition) is 2. The fourth-order valence-electron chi connectivity index (χ4n) is 3.65. The van der Waals surface area contributed by atoms with E-state index in [2.05, 4.69) is 48.6 Å². The number of rotatable bonds is 6. The first-order valence-electron chi connectivity index (χ1n) is 8.07. The van der Waals surface area contributed by atoms with Crippen molar-refractivity contribution in [1.29, 1.82) is 0 Å². The molecule has 1 aromatic heterocycles. The zero-order chi connectivity index (χ0) is 15.5. The van der Waals surface area contributed by atoms with Crippen molar-refractivity contribution in [3.8, 4) is 0 Å². The Balaban J connectivity index is 2.34. The minimum Gasteiger partial charge on any atom is -0.302 e. The summed E-state index contributed by atoms with van der Waals surface area (Å²) in [6.07, 6.45) is 7.68. The lowest BCUT2D eigenvalue weighted by molar-refractivity contribution is 0.0396. The summed E-state index contributed by atoms with van der Waals surface area (Å²) in [6, 6.07) is 0.0570. The van der Waals surface area contributed by atoms with Crippen LogP contribution in [0, 0.1) is 5.92 Å². The van der Waals surface area contributed by atoms with Gasteiger partial charge in [-0.2, -0.15) is 0 Å². The van der Waals surface area contributed by atoms with Gasteiger partial charge in [-0.3, -0.25) is 5.84 Å². The van der Waals surface area contributed by atoms with Gasteiger partial charge < -0.3 is 4.90 Å². The highest BCUT2D eigenvalue weighted by Gasteiger charge is 2.44. The van der Waals surface area contributed by atoms with E-state index in [9.17, 15) is 0 Å². The van der Waals surface area contributed by atoms with E-state index in [-0.39, 0.29) is 11.6 Å². The number of hydrazine groups is 1. The first-order valence-corrected chi connectivity index (χ1v) is 8.07. The van der Waals surface area contributed by atoms with Gasteiger partial charge in [-0.25, -0.2) is 10.1 Å². The van der Waals surface area contributed by atoms with Crippen LogP contribution in [0.2, 0.25) is 0 Å². The zero-order valence-electron chi connectivity index (χ0n) is 13.8. The van der Waals surface area contributed by atoms with E-state index in [0.717, 1.165) is 37.4 Å². The SMILES string of the molecule is CCCn1nncc1C(NN)C1(N(C)C)CCC(C)CC1. The van der Waals surface area contributed by atoms with E-state index in [1.807, 2.05) is 10.9 Å². The Bertz CT molecular complexity index is 433. The van der Waals surface area contributed by atoms with Crippen LogP contribution in [0.15, 0.2) is 6.20 Å². The summed E-state index contributed by atoms with van der Waals surface area (Å²) in [6.45, 7) is 5.38. The van der Waals surface area contributed by atoms with Crippen LogP contribution in [-0.4, -0.2) is 39.5 Å². The second-order valence-corrected chi connectivity index (χ2v) is 6.66. The zero-order valence-corrected chi connectivity index (χ0v) is 13.8. The Labute approximate surface area is 128 Å². The van der Waals surface area contributed by atoms with Crippen LogP contribution in [0.4, 0.5) is 0 Å². The number of likely N-dealkylation sites (N-methyl/N-ethyl adjacent to an activating group) is 1. The molecule has 3 N–H and O–H groups in total. The lowest BCUT2D eigenvalue weighted by atomic mass is 9.71. The van der Waals surface area contributed by atoms with Crippen LogP contribution in [-0.2, 0) is 6.54 Å². The van der Waals surface area contributed by atoms with E-state index in [4.69, 9.17) is 5.84 Å². The third-order valence-corrected chi connectivity index (χ3v) is 5.11. The van der Waals surface area contributed by atoms with Gasteiger partial charge >= 0.3 is 0 Å². The van der Waals surface area contributed by atoms with E-state index in [1.54, 1.807) is 0 Å². The standard InChI is InChI=1S/C15H30N6/c1-5-10-21-13(11-17-19-21)14(18-16)15(20(3)4)8-6-12(2)7-9-15/h11-12,14,18H,5-10,16H2,1-4H3. The highest BCUT2D eigenvalue weighted by Crippen LogP contribution is 2.43. The molecule has 1 heterocycles. The average Bonchev–Trinajstić information content (AvgIpc) is 2.90. The van der Waals surface area contributed by atoms with Crippen molar-refractivity contribution in [2.75, 3.05) is 14.1 Å². The number of aryl methyl sites for hydroxylation is 1. The Morgan fingerprint density at radius 1 is 1.48 bits per heavy atom. The molecule has 120 valence electrons. The van der Waals surface area contributed by atoms with E-state index < -0.39 is 0 Å². The molecule has 1 aliphatic rings. The van der Waals surface area contributed by atoms with Gasteiger partial charge in [-0.1, -0.05) is 19.1 Å². The van der Waals surface area contributed by atoms with Crippen molar-refractivity contribution >= 4 is 0 Å². The third kappa shape index (κ3) is 3.12. The highest BCUT2D eigenvalue weighted by molar-refractivity contribution is 5.14. The van der Waals surface area contributed by atoms with E-state index in [1.165, 1.54) is 12.8 Å². The van der Waals surface area contributed by atoms with Gasteiger partial charge in [0.05, 0.1) is 17.9 Å². The molecule has 2 rings (SSSR count). The maximum atomic E-state index is 5.97. The van der Waals surface area contributed by atoms with Crippen molar-refractivity contribution in [1.82, 2.24) is 25.3 Å². The van der Waals surface area contributed by atoms with Crippen molar-refractivity contribution in [3.63, 3.8) is 0 Å². The Hall–Kier alpha value is -0.980. The van der Waals surface area contributed by atoms with Gasteiger partial charge in [0.2, 0.25) is 0 Å². The summed E-state index contributed by atoms with van der Waals surface area (Å²) in [4.78, 5) is 2.34. The molecule has 1 atom stereocenters. The Morgan fingerprint density at radius 3 is 2.67 bits per heavy atom. The predicted molar refractivity (Wildman–Crippen MR) is 84.4 cm³/mol. The normalized spacial score (nSPS) is 28.0. The number of nitrogens with zero attached hydrogens (tertiary/aromatic N) is 4. The van der Waals surface area contributed by atoms with E-state index >= 15 is 0 Å². The van der Waals surface area contributed by atoms with Crippen LogP contribution in [0.3, 0.4) is 0 Å². The van der Waals surface area contributed by atoms with Crippen molar-refractivity contribution in [3.05, 3.63) is 11.9 Å². The van der Waals surface area contributed by atoms with Crippen molar-refractivity contribution in [2.45, 2.75) is 64.1 Å². The fraction of sp³-hybridized carbons (Fsp3) is 0.867. The molecule has 21 heavy (non-hydrogen) atoms. The monoisotopic (exact) mass is 294 g/mol. The predicted octanol–water partition coefficient (Wildman–Crippen LogP) is 1.70. The van der Waals surface area contributed by atoms with Crippen LogP contribution in [0.25, 0.3) is 0 Å². The lowest BCUT2D eigenvalue weighted by Gasteiger charge is -2.49. The first kappa shape index (κ1) is 16.4. The van der Waals surface area contributed by atoms with E-state index in [0.29, 0.717) is 0 Å². The second-order valence-electron chi connectivity index (χ2n) is 6.66. The van der Waals surface area contributed by atoms with Crippen LogP contribution in [0.5, 0.6) is 0 Å². The van der Waals surface area contributed by atoms with Crippen molar-refractivity contribution < 1.29 is 0 Å². The van der Waals surface area contributed by atoms with Gasteiger partial charge in [-0.15, -0.1) is 5.10 Å². The van der Waals surface area contributed by atoms with Crippen LogP contribution >= 0.6 is 0 Å². The number of aromatic nitrogens is 3. The molecule has 0 aliphatic heterocycles. The van der Waals surface area contributed by atoms with Gasteiger partial charge in [0, 0.05) is 12.1 Å². The topological polar surface area (TPSA) is 72.0 Å². The molecule has 0 radical (unpaired) electrons. The average molecular weight is 294 g/mol. The summed E-state index contributed by atoms with van der Waals surface area (Å²) in [5.74, 6) is 6.77. The number of nitrogens with one attached hydrogen (secondary N) is 1. The summed E-state index contributed by atoms with van der Waals surface area (Å²) in [7, 11) is 4.32. The summed E-state index contributed by atoms with van der Waals surface area (Å²) >= 11 is 0. The maximum Gasteiger partial charge on any atom is 0.0828 e. The molecule has 0 aromatic carbocycles. The molecule has 0 saturated heterocycles. The molecule has 6 nitrogen and oxygen atoms in total. The molecule has 6 heteroatoms. The molecule has 0 spiro atoms. The summed E-state index contributed by atoms with van der Waals surface area (Å²) in [5.41, 5.74) is 4.20. The molecular weight excluding hydrogens is 264 g/mol. The molecule has 1 aromatic rings. The first-order chi connectivity index (χ1) is 10.0. The largest absolute Gasteiger partial charge is 0.302 e. The summed E-state index contributed by atoms with van der Waals surface area (Å²) in [5, 5.41) is 8.34. The highest BCUT2D eigenvalue weighted by atomic mass is 15.4. The second kappa shape index (κ2) is 6.85. The molecule has 0 bridgehead atoms. The smallest absolute Gasteiger partial charge is 0.0828 e. The minimum absolute atomic E-state index is 0.0362. The molecule has 0 amide bonds. The third-order valence-electron chi connectivity index (χ3n) is 5.11. The maximum absolute atomic E-state index is 5.97. The van der Waals surface area contributed by atoms with Gasteiger partial charge in [-0.05, 0) is 52.1 Å². The minimum atomic E-state index is 0.0362. The Kier molecular flexibility index (Phi) is 5.35. The molecular formula is C15H30N6. The fourth-order valence-corrected chi connectivity index (χ4v) is 3.65. The van der Waals surface area contributed by atoms with Gasteiger partial charge in [0.1, 0.15) is 0 Å². The summed E-state index contributed by atoms with van der Waals surface area (Å²) < 4.78 is 1.99. The van der Waals surface area contributed by atoms with Crippen LogP contribution < -0.4 is 11.3 Å². The quantitative estimate of drug-likeness (QED) is 0.617. The Morgan fingerprint density at radius 2 is 2.14 bits per heavy atom. The number of hydrogen-bond acceptors (Lipinski definition) is 5. The van der Waals surface area contributed by atoms with Crippen LogP contribution in [0.1, 0.15) is 57.7 Å². The molecule has 1 unspecified atom stereocenters. The van der Waals surface area contributed by atoms with Crippen molar-refractivity contribution in [2.24, 2.45) is 11.8 Å².